The number of aryl methyl sites for hydroxylation is 1. The summed E-state index contributed by atoms with van der Waals surface area (Å²) in [6.45, 7) is 3.30. The molecule has 5 nitrogen and oxygen atoms in total. The first-order valence-electron chi connectivity index (χ1n) is 10.0. The van der Waals surface area contributed by atoms with Gasteiger partial charge < -0.3 is 5.32 Å². The number of amides is 1. The molecule has 0 aliphatic carbocycles. The van der Waals surface area contributed by atoms with Crippen LogP contribution in [0.2, 0.25) is 5.02 Å². The molecule has 0 bridgehead atoms. The van der Waals surface area contributed by atoms with Crippen LogP contribution < -0.4 is 5.32 Å². The van der Waals surface area contributed by atoms with Crippen molar-refractivity contribution >= 4 is 39.3 Å². The van der Waals surface area contributed by atoms with Gasteiger partial charge in [0.25, 0.3) is 0 Å². The number of carbonyl (C=O) groups is 1. The molecule has 3 rings (SSSR count). The SMILES string of the molecule is Cc1cccc(CSCCNC(=O)[C@H]2CCCN(S(=O)(=O)c3ccc(Cl)cc3)C2)c1. The number of sulfonamides is 1. The van der Waals surface area contributed by atoms with E-state index < -0.39 is 10.0 Å². The lowest BCUT2D eigenvalue weighted by Crippen LogP contribution is -2.45. The molecule has 0 spiro atoms. The minimum atomic E-state index is -3.62. The van der Waals surface area contributed by atoms with Crippen LogP contribution in [0.1, 0.15) is 24.0 Å². The van der Waals surface area contributed by atoms with Crippen molar-refractivity contribution in [2.45, 2.75) is 30.4 Å². The van der Waals surface area contributed by atoms with Crippen LogP contribution in [0.25, 0.3) is 0 Å². The van der Waals surface area contributed by atoms with Gasteiger partial charge in [0.1, 0.15) is 0 Å². The molecule has 1 aliphatic heterocycles. The van der Waals surface area contributed by atoms with Gasteiger partial charge in [0, 0.05) is 36.2 Å². The summed E-state index contributed by atoms with van der Waals surface area (Å²) >= 11 is 7.64. The Morgan fingerprint density at radius 1 is 1.23 bits per heavy atom. The molecule has 0 aromatic heterocycles. The molecule has 1 N–H and O–H groups in total. The van der Waals surface area contributed by atoms with E-state index in [0.29, 0.717) is 31.0 Å². The van der Waals surface area contributed by atoms with Gasteiger partial charge in [-0.05, 0) is 49.6 Å². The molecule has 0 unspecified atom stereocenters. The van der Waals surface area contributed by atoms with Gasteiger partial charge in [-0.15, -0.1) is 0 Å². The Kier molecular flexibility index (Phi) is 8.22. The van der Waals surface area contributed by atoms with Crippen molar-refractivity contribution in [1.29, 1.82) is 0 Å². The summed E-state index contributed by atoms with van der Waals surface area (Å²) in [4.78, 5) is 12.8. The summed E-state index contributed by atoms with van der Waals surface area (Å²) in [5.41, 5.74) is 2.53. The fourth-order valence-corrected chi connectivity index (χ4v) is 5.97. The van der Waals surface area contributed by atoms with Gasteiger partial charge in [-0.1, -0.05) is 41.4 Å². The number of halogens is 1. The van der Waals surface area contributed by atoms with E-state index in [0.717, 1.165) is 11.5 Å². The highest BCUT2D eigenvalue weighted by molar-refractivity contribution is 7.98. The van der Waals surface area contributed by atoms with Crippen molar-refractivity contribution in [2.24, 2.45) is 5.92 Å². The van der Waals surface area contributed by atoms with Gasteiger partial charge in [0.15, 0.2) is 0 Å². The molecule has 0 radical (unpaired) electrons. The Bertz CT molecular complexity index is 965. The van der Waals surface area contributed by atoms with Gasteiger partial charge in [-0.2, -0.15) is 16.1 Å². The largest absolute Gasteiger partial charge is 0.355 e. The van der Waals surface area contributed by atoms with E-state index in [1.807, 2.05) is 0 Å². The van der Waals surface area contributed by atoms with Crippen molar-refractivity contribution in [3.63, 3.8) is 0 Å². The minimum absolute atomic E-state index is 0.0674. The number of piperidine rings is 1. The Balaban J connectivity index is 1.46. The number of nitrogens with one attached hydrogen (secondary N) is 1. The van der Waals surface area contributed by atoms with E-state index in [2.05, 4.69) is 36.5 Å². The van der Waals surface area contributed by atoms with Crippen LogP contribution in [0.3, 0.4) is 0 Å². The second-order valence-electron chi connectivity index (χ2n) is 7.49. The van der Waals surface area contributed by atoms with E-state index in [-0.39, 0.29) is 23.3 Å². The average Bonchev–Trinajstić information content (AvgIpc) is 2.74. The predicted octanol–water partition coefficient (Wildman–Crippen LogP) is 4.10. The first-order valence-corrected chi connectivity index (χ1v) is 13.0. The molecule has 0 saturated carbocycles. The van der Waals surface area contributed by atoms with E-state index in [1.165, 1.54) is 27.6 Å². The molecule has 30 heavy (non-hydrogen) atoms. The highest BCUT2D eigenvalue weighted by Gasteiger charge is 2.33. The maximum Gasteiger partial charge on any atom is 0.243 e. The zero-order valence-electron chi connectivity index (χ0n) is 17.0. The van der Waals surface area contributed by atoms with E-state index in [1.54, 1.807) is 23.9 Å². The minimum Gasteiger partial charge on any atom is -0.355 e. The van der Waals surface area contributed by atoms with Crippen molar-refractivity contribution in [1.82, 2.24) is 9.62 Å². The number of hydrogen-bond donors (Lipinski definition) is 1. The van der Waals surface area contributed by atoms with Crippen LogP contribution in [-0.2, 0) is 20.6 Å². The number of rotatable bonds is 8. The summed E-state index contributed by atoms with van der Waals surface area (Å²) < 4.78 is 27.2. The van der Waals surface area contributed by atoms with Crippen LogP contribution in [0.5, 0.6) is 0 Å². The normalized spacial score (nSPS) is 17.6. The van der Waals surface area contributed by atoms with Crippen LogP contribution >= 0.6 is 23.4 Å². The molecule has 1 heterocycles. The third-order valence-corrected chi connectivity index (χ3v) is 8.26. The molecule has 1 amide bonds. The van der Waals surface area contributed by atoms with Crippen molar-refractivity contribution in [2.75, 3.05) is 25.4 Å². The molecule has 8 heteroatoms. The van der Waals surface area contributed by atoms with Crippen molar-refractivity contribution < 1.29 is 13.2 Å². The third-order valence-electron chi connectivity index (χ3n) is 5.10. The fraction of sp³-hybridized carbons (Fsp3) is 0.409. The summed E-state index contributed by atoms with van der Waals surface area (Å²) in [7, 11) is -3.62. The zero-order valence-corrected chi connectivity index (χ0v) is 19.4. The fourth-order valence-electron chi connectivity index (χ4n) is 3.51. The van der Waals surface area contributed by atoms with Gasteiger partial charge in [0.05, 0.1) is 10.8 Å². The third kappa shape index (κ3) is 6.23. The molecule has 1 saturated heterocycles. The second-order valence-corrected chi connectivity index (χ2v) is 11.0. The molecule has 2 aromatic carbocycles. The Morgan fingerprint density at radius 3 is 2.73 bits per heavy atom. The zero-order chi connectivity index (χ0) is 21.6. The molecule has 2 aromatic rings. The van der Waals surface area contributed by atoms with Crippen LogP contribution in [-0.4, -0.2) is 44.0 Å². The molecule has 162 valence electrons. The van der Waals surface area contributed by atoms with Crippen LogP contribution in [0.4, 0.5) is 0 Å². The topological polar surface area (TPSA) is 66.5 Å². The Hall–Kier alpha value is -1.54. The van der Waals surface area contributed by atoms with Gasteiger partial charge in [0.2, 0.25) is 15.9 Å². The maximum absolute atomic E-state index is 12.9. The number of carbonyl (C=O) groups excluding carboxylic acids is 1. The first kappa shape index (κ1) is 23.1. The lowest BCUT2D eigenvalue weighted by atomic mass is 9.99. The van der Waals surface area contributed by atoms with E-state index >= 15 is 0 Å². The molecular formula is C22H27ClN2O3S2. The average molecular weight is 467 g/mol. The van der Waals surface area contributed by atoms with Crippen LogP contribution in [0, 0.1) is 12.8 Å². The monoisotopic (exact) mass is 466 g/mol. The highest BCUT2D eigenvalue weighted by atomic mass is 35.5. The lowest BCUT2D eigenvalue weighted by Gasteiger charge is -2.31. The Labute approximate surface area is 188 Å². The highest BCUT2D eigenvalue weighted by Crippen LogP contribution is 2.25. The molecular weight excluding hydrogens is 440 g/mol. The maximum atomic E-state index is 12.9. The summed E-state index contributed by atoms with van der Waals surface area (Å²) in [6, 6.07) is 14.6. The number of thioether (sulfide) groups is 1. The quantitative estimate of drug-likeness (QED) is 0.595. The summed E-state index contributed by atoms with van der Waals surface area (Å²) in [5.74, 6) is 1.34. The van der Waals surface area contributed by atoms with Gasteiger partial charge in [-0.3, -0.25) is 4.79 Å². The number of hydrogen-bond acceptors (Lipinski definition) is 4. The smallest absolute Gasteiger partial charge is 0.243 e. The Morgan fingerprint density at radius 2 is 2.00 bits per heavy atom. The van der Waals surface area contributed by atoms with E-state index in [4.69, 9.17) is 11.6 Å². The summed E-state index contributed by atoms with van der Waals surface area (Å²) in [6.07, 6.45) is 1.38. The number of nitrogens with zero attached hydrogens (tertiary/aromatic N) is 1. The predicted molar refractivity (Wildman–Crippen MR) is 123 cm³/mol. The second kappa shape index (κ2) is 10.7. The molecule has 1 atom stereocenters. The van der Waals surface area contributed by atoms with E-state index in [9.17, 15) is 13.2 Å². The van der Waals surface area contributed by atoms with Crippen molar-refractivity contribution in [3.8, 4) is 0 Å². The van der Waals surface area contributed by atoms with Gasteiger partial charge in [-0.25, -0.2) is 8.42 Å². The van der Waals surface area contributed by atoms with Crippen LogP contribution in [0.15, 0.2) is 53.4 Å². The lowest BCUT2D eigenvalue weighted by molar-refractivity contribution is -0.125. The molecule has 1 fully saturated rings. The first-order chi connectivity index (χ1) is 14.4. The summed E-state index contributed by atoms with van der Waals surface area (Å²) in [5, 5.41) is 3.46. The number of benzene rings is 2. The molecule has 1 aliphatic rings. The van der Waals surface area contributed by atoms with Crippen molar-refractivity contribution in [3.05, 3.63) is 64.7 Å². The standard InChI is InChI=1S/C22H27ClN2O3S2/c1-17-4-2-5-18(14-17)16-29-13-11-24-22(26)19-6-3-12-25(15-19)30(27,28)21-9-7-20(23)8-10-21/h2,4-5,7-10,14,19H,3,6,11-13,15-16H2,1H3,(H,24,26)/t19-/m0/s1. The van der Waals surface area contributed by atoms with Gasteiger partial charge >= 0.3 is 0 Å².